The van der Waals surface area contributed by atoms with Gasteiger partial charge in [-0.15, -0.1) is 0 Å². The molecule has 2 N–H and O–H groups in total. The van der Waals surface area contributed by atoms with Gasteiger partial charge in [-0.25, -0.2) is 4.79 Å². The molecule has 4 rings (SSSR count). The van der Waals surface area contributed by atoms with E-state index in [0.717, 1.165) is 22.0 Å². The second-order valence-corrected chi connectivity index (χ2v) is 7.12. The van der Waals surface area contributed by atoms with Crippen LogP contribution in [0.25, 0.3) is 10.8 Å². The molecule has 6 heteroatoms. The number of nitrogens with zero attached hydrogens (tertiary/aromatic N) is 1. The maximum Gasteiger partial charge on any atom is 0.321 e. The Morgan fingerprint density at radius 1 is 1.04 bits per heavy atom. The number of fused-ring (bicyclic) bond motifs is 1. The van der Waals surface area contributed by atoms with E-state index in [0.29, 0.717) is 31.7 Å². The Balaban J connectivity index is 1.34. The van der Waals surface area contributed by atoms with Crippen molar-refractivity contribution in [2.45, 2.75) is 25.8 Å². The number of rotatable bonds is 3. The number of benzene rings is 2. The van der Waals surface area contributed by atoms with Gasteiger partial charge in [-0.3, -0.25) is 4.79 Å². The third-order valence-electron chi connectivity index (χ3n) is 5.22. The van der Waals surface area contributed by atoms with Crippen LogP contribution in [0.5, 0.6) is 0 Å². The fraction of sp³-hybridized carbons (Fsp3) is 0.273. The molecule has 0 aliphatic carbocycles. The summed E-state index contributed by atoms with van der Waals surface area (Å²) in [4.78, 5) is 26.8. The lowest BCUT2D eigenvalue weighted by molar-refractivity contribution is 0.0890. The fourth-order valence-corrected chi connectivity index (χ4v) is 3.61. The predicted octanol–water partition coefficient (Wildman–Crippen LogP) is 4.17. The molecule has 1 aliphatic heterocycles. The molecular formula is C22H23N3O3. The number of carbonyl (C=O) groups excluding carboxylic acids is 2. The standard InChI is InChI=1S/C22H23N3O3/c1-15-11-14-28-20(15)21(26)23-17-9-12-25(13-10-17)22(27)24-19-8-4-6-16-5-2-3-7-18(16)19/h2-8,11,14,17H,9-10,12-13H2,1H3,(H,23,26)(H,24,27). The van der Waals surface area contributed by atoms with E-state index >= 15 is 0 Å². The van der Waals surface area contributed by atoms with E-state index in [-0.39, 0.29) is 18.0 Å². The average Bonchev–Trinajstić information content (AvgIpc) is 3.15. The van der Waals surface area contributed by atoms with Gasteiger partial charge in [0.25, 0.3) is 5.91 Å². The van der Waals surface area contributed by atoms with Crippen LogP contribution in [0.15, 0.2) is 59.2 Å². The summed E-state index contributed by atoms with van der Waals surface area (Å²) in [7, 11) is 0. The zero-order valence-electron chi connectivity index (χ0n) is 15.8. The molecule has 2 aromatic carbocycles. The molecular weight excluding hydrogens is 354 g/mol. The summed E-state index contributed by atoms with van der Waals surface area (Å²) < 4.78 is 5.24. The summed E-state index contributed by atoms with van der Waals surface area (Å²) in [5, 5.41) is 8.14. The highest BCUT2D eigenvalue weighted by atomic mass is 16.3. The summed E-state index contributed by atoms with van der Waals surface area (Å²) in [5.74, 6) is 0.164. The first-order valence-electron chi connectivity index (χ1n) is 9.50. The maximum absolute atomic E-state index is 12.7. The molecule has 0 unspecified atom stereocenters. The molecule has 1 aromatic heterocycles. The zero-order chi connectivity index (χ0) is 19.5. The Morgan fingerprint density at radius 3 is 2.54 bits per heavy atom. The second-order valence-electron chi connectivity index (χ2n) is 7.12. The largest absolute Gasteiger partial charge is 0.459 e. The molecule has 28 heavy (non-hydrogen) atoms. The highest BCUT2D eigenvalue weighted by molar-refractivity contribution is 6.01. The second kappa shape index (κ2) is 7.76. The van der Waals surface area contributed by atoms with Crippen LogP contribution in [0.2, 0.25) is 0 Å². The molecule has 0 atom stereocenters. The van der Waals surface area contributed by atoms with Crippen molar-refractivity contribution in [3.05, 3.63) is 66.1 Å². The third-order valence-corrected chi connectivity index (χ3v) is 5.22. The van der Waals surface area contributed by atoms with Crippen molar-refractivity contribution in [2.24, 2.45) is 0 Å². The number of nitrogens with one attached hydrogen (secondary N) is 2. The number of carbonyl (C=O) groups is 2. The number of urea groups is 1. The number of amides is 3. The number of furan rings is 1. The first-order valence-corrected chi connectivity index (χ1v) is 9.50. The lowest BCUT2D eigenvalue weighted by atomic mass is 10.0. The molecule has 1 aliphatic rings. The van der Waals surface area contributed by atoms with Crippen molar-refractivity contribution in [1.29, 1.82) is 0 Å². The summed E-state index contributed by atoms with van der Waals surface area (Å²) in [6.07, 6.45) is 2.95. The van der Waals surface area contributed by atoms with E-state index in [4.69, 9.17) is 4.42 Å². The van der Waals surface area contributed by atoms with Gasteiger partial charge in [0.05, 0.1) is 12.0 Å². The van der Waals surface area contributed by atoms with Gasteiger partial charge in [0.1, 0.15) is 0 Å². The highest BCUT2D eigenvalue weighted by Gasteiger charge is 2.25. The monoisotopic (exact) mass is 377 g/mol. The van der Waals surface area contributed by atoms with Crippen LogP contribution < -0.4 is 10.6 Å². The quantitative estimate of drug-likeness (QED) is 0.719. The molecule has 0 bridgehead atoms. The number of hydrogen-bond donors (Lipinski definition) is 2. The fourth-order valence-electron chi connectivity index (χ4n) is 3.61. The Hall–Kier alpha value is -3.28. The molecule has 3 aromatic rings. The molecule has 6 nitrogen and oxygen atoms in total. The minimum absolute atomic E-state index is 0.0404. The first-order chi connectivity index (χ1) is 13.6. The Bertz CT molecular complexity index is 998. The van der Waals surface area contributed by atoms with E-state index in [1.54, 1.807) is 11.0 Å². The van der Waals surface area contributed by atoms with E-state index < -0.39 is 0 Å². The number of likely N-dealkylation sites (tertiary alicyclic amines) is 1. The Kier molecular flexibility index (Phi) is 5.02. The number of aryl methyl sites for hydroxylation is 1. The van der Waals surface area contributed by atoms with Crippen LogP contribution in [0.4, 0.5) is 10.5 Å². The van der Waals surface area contributed by atoms with E-state index in [1.165, 1.54) is 6.26 Å². The molecule has 2 heterocycles. The topological polar surface area (TPSA) is 74.6 Å². The lowest BCUT2D eigenvalue weighted by Crippen LogP contribution is -2.47. The van der Waals surface area contributed by atoms with Crippen molar-refractivity contribution >= 4 is 28.4 Å². The zero-order valence-corrected chi connectivity index (χ0v) is 15.8. The van der Waals surface area contributed by atoms with Gasteiger partial charge in [0, 0.05) is 30.1 Å². The van der Waals surface area contributed by atoms with Crippen LogP contribution in [0, 0.1) is 6.92 Å². The molecule has 0 radical (unpaired) electrons. The summed E-state index contributed by atoms with van der Waals surface area (Å²) in [6.45, 7) is 3.04. The maximum atomic E-state index is 12.7. The third kappa shape index (κ3) is 3.71. The van der Waals surface area contributed by atoms with Crippen LogP contribution >= 0.6 is 0 Å². The van der Waals surface area contributed by atoms with Crippen molar-refractivity contribution in [3.63, 3.8) is 0 Å². The average molecular weight is 377 g/mol. The van der Waals surface area contributed by atoms with Crippen molar-refractivity contribution < 1.29 is 14.0 Å². The number of hydrogen-bond acceptors (Lipinski definition) is 3. The SMILES string of the molecule is Cc1ccoc1C(=O)NC1CCN(C(=O)Nc2cccc3ccccc23)CC1. The summed E-state index contributed by atoms with van der Waals surface area (Å²) in [6, 6.07) is 15.6. The Morgan fingerprint density at radius 2 is 1.79 bits per heavy atom. The normalized spacial score (nSPS) is 14.8. The molecule has 144 valence electrons. The van der Waals surface area contributed by atoms with Gasteiger partial charge in [-0.05, 0) is 37.3 Å². The van der Waals surface area contributed by atoms with Crippen LogP contribution in [-0.2, 0) is 0 Å². The number of piperidine rings is 1. The van der Waals surface area contributed by atoms with Crippen molar-refractivity contribution in [3.8, 4) is 0 Å². The molecule has 0 spiro atoms. The highest BCUT2D eigenvalue weighted by Crippen LogP contribution is 2.24. The number of anilines is 1. The molecule has 1 saturated heterocycles. The van der Waals surface area contributed by atoms with Gasteiger partial charge in [-0.1, -0.05) is 36.4 Å². The molecule has 0 saturated carbocycles. The van der Waals surface area contributed by atoms with E-state index in [2.05, 4.69) is 10.6 Å². The van der Waals surface area contributed by atoms with E-state index in [1.807, 2.05) is 49.4 Å². The van der Waals surface area contributed by atoms with Crippen molar-refractivity contribution in [2.75, 3.05) is 18.4 Å². The molecule has 3 amide bonds. The molecule has 1 fully saturated rings. The predicted molar refractivity (Wildman–Crippen MR) is 108 cm³/mol. The Labute approximate surface area is 163 Å². The van der Waals surface area contributed by atoms with Crippen molar-refractivity contribution in [1.82, 2.24) is 10.2 Å². The minimum Gasteiger partial charge on any atom is -0.459 e. The van der Waals surface area contributed by atoms with Gasteiger partial charge >= 0.3 is 6.03 Å². The van der Waals surface area contributed by atoms with Crippen LogP contribution in [-0.4, -0.2) is 36.0 Å². The summed E-state index contributed by atoms with van der Waals surface area (Å²) in [5.41, 5.74) is 1.64. The van der Waals surface area contributed by atoms with E-state index in [9.17, 15) is 9.59 Å². The lowest BCUT2D eigenvalue weighted by Gasteiger charge is -2.32. The van der Waals surface area contributed by atoms with Gasteiger partial charge in [0.15, 0.2) is 5.76 Å². The minimum atomic E-state index is -0.193. The van der Waals surface area contributed by atoms with Gasteiger partial charge in [0.2, 0.25) is 0 Å². The smallest absolute Gasteiger partial charge is 0.321 e. The van der Waals surface area contributed by atoms with Crippen LogP contribution in [0.3, 0.4) is 0 Å². The van der Waals surface area contributed by atoms with Gasteiger partial charge in [-0.2, -0.15) is 0 Å². The summed E-state index contributed by atoms with van der Waals surface area (Å²) >= 11 is 0. The van der Waals surface area contributed by atoms with Gasteiger partial charge < -0.3 is 20.0 Å². The van der Waals surface area contributed by atoms with Crippen LogP contribution in [0.1, 0.15) is 29.0 Å². The first kappa shape index (κ1) is 18.1.